The van der Waals surface area contributed by atoms with Crippen LogP contribution in [0.25, 0.3) is 10.9 Å². The second kappa shape index (κ2) is 5.40. The van der Waals surface area contributed by atoms with Gasteiger partial charge in [-0.15, -0.1) is 0 Å². The van der Waals surface area contributed by atoms with Crippen LogP contribution < -0.4 is 4.90 Å². The van der Waals surface area contributed by atoms with E-state index >= 15 is 0 Å². The number of H-pyrrole nitrogens is 1. The van der Waals surface area contributed by atoms with Gasteiger partial charge in [-0.1, -0.05) is 6.07 Å². The quantitative estimate of drug-likeness (QED) is 0.745. The van der Waals surface area contributed by atoms with E-state index in [2.05, 4.69) is 17.1 Å². The number of nitrogens with zero attached hydrogens (tertiary/aromatic N) is 3. The van der Waals surface area contributed by atoms with E-state index in [4.69, 9.17) is 0 Å². The lowest BCUT2D eigenvalue weighted by Crippen LogP contribution is -2.31. The van der Waals surface area contributed by atoms with Crippen LogP contribution in [0.5, 0.6) is 0 Å². The Labute approximate surface area is 138 Å². The predicted molar refractivity (Wildman–Crippen MR) is 88.9 cm³/mol. The highest BCUT2D eigenvalue weighted by atomic mass is 19.1. The van der Waals surface area contributed by atoms with Crippen molar-refractivity contribution in [1.82, 2.24) is 4.98 Å². The summed E-state index contributed by atoms with van der Waals surface area (Å²) in [5.74, 6) is -0.267. The first kappa shape index (κ1) is 14.3. The Hall–Kier alpha value is -3.31. The molecular weight excluding hydrogens is 303 g/mol. The monoisotopic (exact) mass is 316 g/mol. The second-order valence-corrected chi connectivity index (χ2v) is 5.87. The number of aromatic nitrogens is 1. The SMILES string of the molecule is N#Cc1cccc(C#N)c1N1CCc2[nH]c3ccc(F)cc3c2C1. The lowest BCUT2D eigenvalue weighted by Gasteiger charge is -2.30. The summed E-state index contributed by atoms with van der Waals surface area (Å²) in [4.78, 5) is 5.39. The third kappa shape index (κ3) is 2.11. The van der Waals surface area contributed by atoms with Gasteiger partial charge < -0.3 is 9.88 Å². The van der Waals surface area contributed by atoms with Gasteiger partial charge in [-0.05, 0) is 30.3 Å². The fraction of sp³-hybridized carbons (Fsp3) is 0.158. The normalized spacial score (nSPS) is 13.4. The zero-order valence-electron chi connectivity index (χ0n) is 12.8. The molecule has 116 valence electrons. The number of aromatic amines is 1. The number of nitriles is 2. The Balaban J connectivity index is 1.84. The summed E-state index contributed by atoms with van der Waals surface area (Å²) in [7, 11) is 0. The minimum Gasteiger partial charge on any atom is -0.365 e. The average Bonchev–Trinajstić information content (AvgIpc) is 2.98. The molecule has 4 nitrogen and oxygen atoms in total. The third-order valence-corrected chi connectivity index (χ3v) is 4.53. The number of anilines is 1. The summed E-state index contributed by atoms with van der Waals surface area (Å²) in [5.41, 5.74) is 4.69. The van der Waals surface area contributed by atoms with Crippen molar-refractivity contribution < 1.29 is 4.39 Å². The molecule has 1 aliphatic rings. The topological polar surface area (TPSA) is 66.6 Å². The molecule has 2 heterocycles. The van der Waals surface area contributed by atoms with Crippen molar-refractivity contribution in [2.75, 3.05) is 11.4 Å². The summed E-state index contributed by atoms with van der Waals surface area (Å²) in [6.07, 6.45) is 0.760. The van der Waals surface area contributed by atoms with Crippen molar-refractivity contribution in [1.29, 1.82) is 10.5 Å². The van der Waals surface area contributed by atoms with Crippen molar-refractivity contribution in [2.24, 2.45) is 0 Å². The minimum atomic E-state index is -0.267. The van der Waals surface area contributed by atoms with Crippen LogP contribution in [0.1, 0.15) is 22.4 Å². The largest absolute Gasteiger partial charge is 0.365 e. The predicted octanol–water partition coefficient (Wildman–Crippen LogP) is 3.61. The van der Waals surface area contributed by atoms with E-state index in [0.29, 0.717) is 29.9 Å². The highest BCUT2D eigenvalue weighted by Gasteiger charge is 2.24. The average molecular weight is 316 g/mol. The van der Waals surface area contributed by atoms with Gasteiger partial charge in [0.2, 0.25) is 0 Å². The van der Waals surface area contributed by atoms with Gasteiger partial charge in [-0.25, -0.2) is 4.39 Å². The first-order chi connectivity index (χ1) is 11.7. The lowest BCUT2D eigenvalue weighted by molar-refractivity contribution is 0.629. The molecule has 1 aromatic heterocycles. The summed E-state index contributed by atoms with van der Waals surface area (Å²) in [6.45, 7) is 1.25. The number of benzene rings is 2. The van der Waals surface area contributed by atoms with E-state index in [1.807, 2.05) is 4.90 Å². The maximum Gasteiger partial charge on any atom is 0.123 e. The molecule has 0 bridgehead atoms. The Bertz CT molecular complexity index is 1000. The molecule has 0 unspecified atom stereocenters. The van der Waals surface area contributed by atoms with Gasteiger partial charge in [-0.3, -0.25) is 0 Å². The smallest absolute Gasteiger partial charge is 0.123 e. The molecular formula is C19H13FN4. The Morgan fingerprint density at radius 3 is 2.54 bits per heavy atom. The van der Waals surface area contributed by atoms with Gasteiger partial charge in [0.25, 0.3) is 0 Å². The van der Waals surface area contributed by atoms with Gasteiger partial charge in [0, 0.05) is 41.7 Å². The van der Waals surface area contributed by atoms with Crippen LogP contribution in [-0.4, -0.2) is 11.5 Å². The van der Waals surface area contributed by atoms with Crippen molar-refractivity contribution in [3.8, 4) is 12.1 Å². The molecule has 4 rings (SSSR count). The molecule has 0 saturated heterocycles. The molecule has 0 amide bonds. The molecule has 0 aliphatic carbocycles. The van der Waals surface area contributed by atoms with Crippen molar-refractivity contribution in [2.45, 2.75) is 13.0 Å². The van der Waals surface area contributed by atoms with Crippen LogP contribution in [0.3, 0.4) is 0 Å². The zero-order chi connectivity index (χ0) is 16.7. The molecule has 2 aromatic carbocycles. The van der Waals surface area contributed by atoms with Gasteiger partial charge >= 0.3 is 0 Å². The summed E-state index contributed by atoms with van der Waals surface area (Å²) in [6, 6.07) is 14.2. The molecule has 0 spiro atoms. The van der Waals surface area contributed by atoms with Crippen LogP contribution in [-0.2, 0) is 13.0 Å². The molecule has 0 radical (unpaired) electrons. The van der Waals surface area contributed by atoms with E-state index < -0.39 is 0 Å². The van der Waals surface area contributed by atoms with Crippen LogP contribution >= 0.6 is 0 Å². The zero-order valence-corrected chi connectivity index (χ0v) is 12.8. The number of hydrogen-bond acceptors (Lipinski definition) is 3. The Morgan fingerprint density at radius 2 is 1.83 bits per heavy atom. The first-order valence-corrected chi connectivity index (χ1v) is 7.68. The molecule has 3 aromatic rings. The summed E-state index contributed by atoms with van der Waals surface area (Å²) >= 11 is 0. The summed E-state index contributed by atoms with van der Waals surface area (Å²) < 4.78 is 13.6. The van der Waals surface area contributed by atoms with Gasteiger partial charge in [0.15, 0.2) is 0 Å². The minimum absolute atomic E-state index is 0.267. The molecule has 0 atom stereocenters. The molecule has 24 heavy (non-hydrogen) atoms. The number of nitrogens with one attached hydrogen (secondary N) is 1. The third-order valence-electron chi connectivity index (χ3n) is 4.53. The number of fused-ring (bicyclic) bond motifs is 3. The Morgan fingerprint density at radius 1 is 1.08 bits per heavy atom. The molecule has 1 N–H and O–H groups in total. The molecule has 1 aliphatic heterocycles. The number of halogens is 1. The van der Waals surface area contributed by atoms with Gasteiger partial charge in [0.1, 0.15) is 18.0 Å². The van der Waals surface area contributed by atoms with E-state index in [1.165, 1.54) is 12.1 Å². The van der Waals surface area contributed by atoms with Crippen LogP contribution in [0.4, 0.5) is 10.1 Å². The summed E-state index contributed by atoms with van der Waals surface area (Å²) in [5, 5.41) is 19.6. The van der Waals surface area contributed by atoms with Crippen LogP contribution in [0.2, 0.25) is 0 Å². The lowest BCUT2D eigenvalue weighted by atomic mass is 10.0. The number of para-hydroxylation sites is 1. The van der Waals surface area contributed by atoms with E-state index in [0.717, 1.165) is 28.6 Å². The highest BCUT2D eigenvalue weighted by Crippen LogP contribution is 2.33. The Kier molecular flexibility index (Phi) is 3.22. The maximum atomic E-state index is 13.6. The fourth-order valence-electron chi connectivity index (χ4n) is 3.44. The van der Waals surface area contributed by atoms with E-state index in [-0.39, 0.29) is 5.82 Å². The maximum absolute atomic E-state index is 13.6. The molecule has 5 heteroatoms. The number of rotatable bonds is 1. The number of hydrogen-bond donors (Lipinski definition) is 1. The van der Waals surface area contributed by atoms with Crippen molar-refractivity contribution >= 4 is 16.6 Å². The van der Waals surface area contributed by atoms with Crippen molar-refractivity contribution in [3.63, 3.8) is 0 Å². The van der Waals surface area contributed by atoms with Crippen LogP contribution in [0.15, 0.2) is 36.4 Å². The first-order valence-electron chi connectivity index (χ1n) is 7.68. The molecule has 0 saturated carbocycles. The van der Waals surface area contributed by atoms with Gasteiger partial charge in [-0.2, -0.15) is 10.5 Å². The highest BCUT2D eigenvalue weighted by molar-refractivity contribution is 5.85. The van der Waals surface area contributed by atoms with E-state index in [1.54, 1.807) is 24.3 Å². The van der Waals surface area contributed by atoms with Crippen LogP contribution in [0, 0.1) is 28.5 Å². The standard InChI is InChI=1S/C19H13FN4/c20-14-4-5-17-15(8-14)16-11-24(7-6-18(16)23-17)19-12(9-21)2-1-3-13(19)10-22/h1-5,8,23H,6-7,11H2. The molecule has 0 fully saturated rings. The second-order valence-electron chi connectivity index (χ2n) is 5.87. The van der Waals surface area contributed by atoms with E-state index in [9.17, 15) is 14.9 Å². The van der Waals surface area contributed by atoms with Gasteiger partial charge in [0.05, 0.1) is 16.8 Å². The fourth-order valence-corrected chi connectivity index (χ4v) is 3.44. The van der Waals surface area contributed by atoms with Crippen molar-refractivity contribution in [3.05, 3.63) is 64.6 Å².